The molecular formula is C38H40N4O5S. The first-order valence-electron chi connectivity index (χ1n) is 15.9. The summed E-state index contributed by atoms with van der Waals surface area (Å²) in [6, 6.07) is 21.4. The minimum atomic E-state index is -1.16. The number of hydrogen-bond acceptors (Lipinski definition) is 7. The van der Waals surface area contributed by atoms with Crippen molar-refractivity contribution in [2.45, 2.75) is 58.5 Å². The molecule has 48 heavy (non-hydrogen) atoms. The zero-order valence-electron chi connectivity index (χ0n) is 27.7. The van der Waals surface area contributed by atoms with Crippen LogP contribution in [-0.2, 0) is 21.4 Å². The monoisotopic (exact) mass is 664 g/mol. The average molecular weight is 665 g/mol. The Morgan fingerprint density at radius 1 is 0.938 bits per heavy atom. The summed E-state index contributed by atoms with van der Waals surface area (Å²) in [4.78, 5) is 48.7. The van der Waals surface area contributed by atoms with Crippen molar-refractivity contribution >= 4 is 57.5 Å². The Labute approximate surface area is 284 Å². The molecule has 1 aromatic heterocycles. The smallest absolute Gasteiger partial charge is 0.325 e. The van der Waals surface area contributed by atoms with Gasteiger partial charge in [0.25, 0.3) is 5.91 Å². The Hall–Kier alpha value is -5.09. The van der Waals surface area contributed by atoms with E-state index < -0.39 is 24.0 Å². The van der Waals surface area contributed by atoms with Gasteiger partial charge in [-0.15, -0.1) is 11.3 Å². The van der Waals surface area contributed by atoms with Gasteiger partial charge >= 0.3 is 5.97 Å². The van der Waals surface area contributed by atoms with Gasteiger partial charge in [-0.05, 0) is 77.1 Å². The number of carbonyl (C=O) groups is 3. The van der Waals surface area contributed by atoms with Gasteiger partial charge in [-0.2, -0.15) is 0 Å². The number of fused-ring (bicyclic) bond motifs is 1. The Balaban J connectivity index is 1.29. The fraction of sp³-hybridized carbons (Fsp3) is 0.289. The van der Waals surface area contributed by atoms with Gasteiger partial charge < -0.3 is 20.5 Å². The number of nitrogens with one attached hydrogen (secondary N) is 2. The molecule has 0 fully saturated rings. The van der Waals surface area contributed by atoms with E-state index in [1.807, 2.05) is 61.7 Å². The molecule has 5 rings (SSSR count). The molecule has 9 nitrogen and oxygen atoms in total. The minimum Gasteiger partial charge on any atom is -0.494 e. The van der Waals surface area contributed by atoms with Crippen molar-refractivity contribution in [1.82, 2.24) is 10.6 Å². The lowest BCUT2D eigenvalue weighted by Gasteiger charge is -2.20. The fourth-order valence-corrected chi connectivity index (χ4v) is 6.14. The van der Waals surface area contributed by atoms with Crippen LogP contribution in [0.2, 0.25) is 0 Å². The summed E-state index contributed by atoms with van der Waals surface area (Å²) in [7, 11) is 0. The summed E-state index contributed by atoms with van der Waals surface area (Å²) in [6.45, 7) is 10.6. The van der Waals surface area contributed by atoms with Gasteiger partial charge in [0.05, 0.1) is 18.0 Å². The molecule has 0 saturated carbocycles. The number of carboxylic acid groups (broad SMARTS) is 1. The number of carboxylic acids is 1. The highest BCUT2D eigenvalue weighted by molar-refractivity contribution is 7.14. The van der Waals surface area contributed by atoms with Crippen LogP contribution in [0.25, 0.3) is 16.3 Å². The van der Waals surface area contributed by atoms with Crippen LogP contribution in [-0.4, -0.2) is 60.2 Å². The standard InChI is InChI=1S/C38H40N4O5S/c1-6-47-30-14-13-26-20-27(11-12-28(26)21-30)29-17-18-39-34(40-22-29)25-9-7-24(8-10-25)19-31(35(43)41-23(2)37(45)46)42-36(44)32-15-16-33(48-32)38(3,4)5/h7-17,20-23,31H,6,18-19H2,1-5H3,(H,41,43)(H,42,44)(H,45,46)/t23-,31+/m1/s1. The van der Waals surface area contributed by atoms with E-state index in [9.17, 15) is 19.5 Å². The average Bonchev–Trinajstić information content (AvgIpc) is 3.45. The van der Waals surface area contributed by atoms with Crippen LogP contribution in [0.1, 0.15) is 65.9 Å². The predicted molar refractivity (Wildman–Crippen MR) is 193 cm³/mol. The Bertz CT molecular complexity index is 1920. The summed E-state index contributed by atoms with van der Waals surface area (Å²) in [6.07, 6.45) is 4.03. The second kappa shape index (κ2) is 14.8. The molecule has 0 spiro atoms. The molecule has 2 amide bonds. The van der Waals surface area contributed by atoms with Crippen molar-refractivity contribution in [2.75, 3.05) is 13.2 Å². The number of benzene rings is 3. The zero-order chi connectivity index (χ0) is 34.4. The summed E-state index contributed by atoms with van der Waals surface area (Å²) in [5.74, 6) is -0.691. The van der Waals surface area contributed by atoms with Gasteiger partial charge in [0.2, 0.25) is 5.91 Å². The topological polar surface area (TPSA) is 129 Å². The Kier molecular flexibility index (Phi) is 10.5. The molecule has 2 heterocycles. The van der Waals surface area contributed by atoms with E-state index in [1.54, 1.807) is 6.07 Å². The molecule has 1 aliphatic heterocycles. The molecule has 248 valence electrons. The van der Waals surface area contributed by atoms with Crippen molar-refractivity contribution in [3.8, 4) is 5.75 Å². The second-order valence-electron chi connectivity index (χ2n) is 12.6. The van der Waals surface area contributed by atoms with E-state index in [1.165, 1.54) is 18.3 Å². The van der Waals surface area contributed by atoms with Crippen molar-refractivity contribution in [3.05, 3.63) is 105 Å². The van der Waals surface area contributed by atoms with E-state index in [2.05, 4.69) is 60.7 Å². The van der Waals surface area contributed by atoms with Crippen molar-refractivity contribution in [1.29, 1.82) is 0 Å². The number of amides is 2. The third kappa shape index (κ3) is 8.43. The molecule has 0 saturated heterocycles. The summed E-state index contributed by atoms with van der Waals surface area (Å²) < 4.78 is 5.63. The number of nitrogens with zero attached hydrogens (tertiary/aromatic N) is 2. The summed E-state index contributed by atoms with van der Waals surface area (Å²) >= 11 is 1.37. The van der Waals surface area contributed by atoms with E-state index in [-0.39, 0.29) is 17.7 Å². The number of amidine groups is 1. The molecule has 0 unspecified atom stereocenters. The predicted octanol–water partition coefficient (Wildman–Crippen LogP) is 6.44. The van der Waals surface area contributed by atoms with Crippen molar-refractivity contribution < 1.29 is 24.2 Å². The van der Waals surface area contributed by atoms with E-state index in [4.69, 9.17) is 9.73 Å². The fourth-order valence-electron chi connectivity index (χ4n) is 5.18. The molecule has 0 radical (unpaired) electrons. The Morgan fingerprint density at radius 2 is 1.65 bits per heavy atom. The van der Waals surface area contributed by atoms with Crippen molar-refractivity contribution in [3.63, 3.8) is 0 Å². The van der Waals surface area contributed by atoms with Crippen LogP contribution in [0, 0.1) is 0 Å². The van der Waals surface area contributed by atoms with Crippen LogP contribution >= 0.6 is 11.3 Å². The molecule has 3 aromatic carbocycles. The molecule has 1 aliphatic rings. The minimum absolute atomic E-state index is 0.118. The first kappa shape index (κ1) is 34.3. The number of rotatable bonds is 11. The van der Waals surface area contributed by atoms with Gasteiger partial charge in [0.15, 0.2) is 5.84 Å². The lowest BCUT2D eigenvalue weighted by atomic mass is 9.95. The van der Waals surface area contributed by atoms with E-state index in [0.717, 1.165) is 43.7 Å². The summed E-state index contributed by atoms with van der Waals surface area (Å²) in [5, 5.41) is 16.9. The highest BCUT2D eigenvalue weighted by Crippen LogP contribution is 2.30. The third-order valence-electron chi connectivity index (χ3n) is 7.91. The highest BCUT2D eigenvalue weighted by atomic mass is 32.1. The normalized spacial score (nSPS) is 14.4. The van der Waals surface area contributed by atoms with E-state index in [0.29, 0.717) is 23.9 Å². The lowest BCUT2D eigenvalue weighted by molar-refractivity contribution is -0.141. The molecular weight excluding hydrogens is 625 g/mol. The number of ether oxygens (including phenoxy) is 1. The molecule has 3 N–H and O–H groups in total. The van der Waals surface area contributed by atoms with Crippen molar-refractivity contribution in [2.24, 2.45) is 9.98 Å². The van der Waals surface area contributed by atoms with Gasteiger partial charge in [0, 0.05) is 23.1 Å². The number of aliphatic imine (C=N–C) groups is 2. The van der Waals surface area contributed by atoms with Crippen LogP contribution in [0.4, 0.5) is 0 Å². The second-order valence-corrected chi connectivity index (χ2v) is 13.7. The number of hydrogen-bond donors (Lipinski definition) is 3. The van der Waals surface area contributed by atoms with E-state index >= 15 is 0 Å². The first-order valence-corrected chi connectivity index (χ1v) is 16.7. The van der Waals surface area contributed by atoms with Crippen LogP contribution in [0.3, 0.4) is 0 Å². The largest absolute Gasteiger partial charge is 0.494 e. The number of allylic oxidation sites excluding steroid dienone is 1. The van der Waals surface area contributed by atoms with Gasteiger partial charge in [-0.25, -0.2) is 4.99 Å². The maximum Gasteiger partial charge on any atom is 0.325 e. The molecule has 4 aromatic rings. The van der Waals surface area contributed by atoms with Crippen LogP contribution < -0.4 is 15.4 Å². The molecule has 0 aliphatic carbocycles. The third-order valence-corrected chi connectivity index (χ3v) is 9.42. The van der Waals surface area contributed by atoms with Crippen LogP contribution in [0.15, 0.2) is 88.9 Å². The van der Waals surface area contributed by atoms with Gasteiger partial charge in [-0.3, -0.25) is 19.4 Å². The number of aliphatic carboxylic acids is 1. The Morgan fingerprint density at radius 3 is 2.33 bits per heavy atom. The maximum absolute atomic E-state index is 13.2. The molecule has 10 heteroatoms. The maximum atomic E-state index is 13.2. The van der Waals surface area contributed by atoms with Gasteiger partial charge in [-0.1, -0.05) is 69.3 Å². The molecule has 2 atom stereocenters. The number of thiophene rings is 1. The zero-order valence-corrected chi connectivity index (χ0v) is 28.6. The quantitative estimate of drug-likeness (QED) is 0.170. The van der Waals surface area contributed by atoms with Gasteiger partial charge in [0.1, 0.15) is 17.8 Å². The highest BCUT2D eigenvalue weighted by Gasteiger charge is 2.26. The summed E-state index contributed by atoms with van der Waals surface area (Å²) in [5.41, 5.74) is 3.49. The lowest BCUT2D eigenvalue weighted by Crippen LogP contribution is -2.51. The first-order chi connectivity index (χ1) is 22.9. The number of carbonyl (C=O) groups excluding carboxylic acids is 2. The molecule has 0 bridgehead atoms. The SMILES string of the molecule is CCOc1ccc2cc(C3=CCN=C(c4ccc(C[C@H](NC(=O)c5ccc(C(C)(C)C)s5)C(=O)N[C@H](C)C(=O)O)cc4)N=C3)ccc2c1. The van der Waals surface area contributed by atoms with Crippen LogP contribution in [0.5, 0.6) is 5.75 Å².